The molecule has 2 aliphatic rings. The number of hydrogen-bond donors (Lipinski definition) is 1. The third-order valence-electron chi connectivity index (χ3n) is 4.38. The molecule has 4 rings (SSSR count). The number of rotatable bonds is 3. The summed E-state index contributed by atoms with van der Waals surface area (Å²) in [6, 6.07) is 9.33. The Morgan fingerprint density at radius 1 is 1.32 bits per heavy atom. The number of benzene rings is 1. The predicted octanol–water partition coefficient (Wildman–Crippen LogP) is 3.95. The Labute approximate surface area is 150 Å². The molecule has 1 saturated carbocycles. The Bertz CT molecular complexity index is 861. The second-order valence-corrected chi connectivity index (χ2v) is 7.70. The van der Waals surface area contributed by atoms with Gasteiger partial charge in [-0.3, -0.25) is 9.59 Å². The molecule has 0 unspecified atom stereocenters. The molecule has 1 aromatic carbocycles. The molecule has 1 aliphatic carbocycles. The summed E-state index contributed by atoms with van der Waals surface area (Å²) in [5, 5.41) is 3.67. The van der Waals surface area contributed by atoms with Gasteiger partial charge in [-0.15, -0.1) is 0 Å². The highest BCUT2D eigenvalue weighted by Gasteiger charge is 2.31. The van der Waals surface area contributed by atoms with Crippen molar-refractivity contribution in [2.45, 2.75) is 42.7 Å². The second-order valence-electron chi connectivity index (χ2n) is 6.67. The molecule has 0 bridgehead atoms. The van der Waals surface area contributed by atoms with Crippen LogP contribution in [-0.4, -0.2) is 22.8 Å². The van der Waals surface area contributed by atoms with Crippen LogP contribution in [0.15, 0.2) is 46.5 Å². The largest absolute Gasteiger partial charge is 0.326 e. The number of amides is 2. The highest BCUT2D eigenvalue weighted by atomic mass is 32.2. The summed E-state index contributed by atoms with van der Waals surface area (Å²) < 4.78 is 0. The number of fused-ring (bicyclic) bond motifs is 2. The van der Waals surface area contributed by atoms with E-state index in [2.05, 4.69) is 10.3 Å². The van der Waals surface area contributed by atoms with Crippen LogP contribution in [0.5, 0.6) is 0 Å². The molecular formula is C19H19N3O2S. The maximum absolute atomic E-state index is 13.0. The lowest BCUT2D eigenvalue weighted by atomic mass is 10.1. The van der Waals surface area contributed by atoms with Gasteiger partial charge in [-0.2, -0.15) is 0 Å². The molecule has 1 fully saturated rings. The molecule has 6 heteroatoms. The Kier molecular flexibility index (Phi) is 4.00. The number of carbonyl (C=O) groups is 2. The smallest absolute Gasteiger partial charge is 0.261 e. The van der Waals surface area contributed by atoms with E-state index in [9.17, 15) is 9.59 Å². The van der Waals surface area contributed by atoms with E-state index in [1.54, 1.807) is 17.2 Å². The van der Waals surface area contributed by atoms with Crippen LogP contribution in [0.3, 0.4) is 0 Å². The summed E-state index contributed by atoms with van der Waals surface area (Å²) in [6.07, 6.45) is 3.64. The van der Waals surface area contributed by atoms with Gasteiger partial charge in [-0.05, 0) is 57.0 Å². The number of nitrogens with one attached hydrogen (secondary N) is 1. The van der Waals surface area contributed by atoms with Crippen LogP contribution >= 0.6 is 11.8 Å². The number of pyridine rings is 1. The molecular weight excluding hydrogens is 334 g/mol. The zero-order chi connectivity index (χ0) is 17.6. The molecule has 1 N–H and O–H groups in total. The molecule has 25 heavy (non-hydrogen) atoms. The lowest BCUT2D eigenvalue weighted by Gasteiger charge is -2.27. The van der Waals surface area contributed by atoms with Crippen molar-refractivity contribution in [2.75, 3.05) is 10.2 Å². The third kappa shape index (κ3) is 3.02. The molecule has 0 atom stereocenters. The van der Waals surface area contributed by atoms with Gasteiger partial charge in [-0.1, -0.05) is 11.8 Å². The van der Waals surface area contributed by atoms with Crippen molar-refractivity contribution < 1.29 is 9.59 Å². The van der Waals surface area contributed by atoms with Crippen molar-refractivity contribution in [1.82, 2.24) is 4.98 Å². The van der Waals surface area contributed by atoms with E-state index in [-0.39, 0.29) is 23.8 Å². The van der Waals surface area contributed by atoms with Crippen LogP contribution in [0, 0.1) is 5.92 Å². The second kappa shape index (κ2) is 6.19. The molecule has 2 amide bonds. The quantitative estimate of drug-likeness (QED) is 0.907. The maximum atomic E-state index is 13.0. The Morgan fingerprint density at radius 3 is 2.84 bits per heavy atom. The molecule has 0 saturated heterocycles. The number of anilines is 2. The SMILES string of the molecule is CC(C)N1C(=O)c2cccnc2Sc2cc(NC(=O)C3CC3)ccc21. The minimum Gasteiger partial charge on any atom is -0.326 e. The van der Waals surface area contributed by atoms with Gasteiger partial charge in [0, 0.05) is 28.7 Å². The Morgan fingerprint density at radius 2 is 2.12 bits per heavy atom. The van der Waals surface area contributed by atoms with Gasteiger partial charge in [0.05, 0.1) is 11.3 Å². The Balaban J connectivity index is 1.77. The highest BCUT2D eigenvalue weighted by molar-refractivity contribution is 7.99. The van der Waals surface area contributed by atoms with E-state index in [1.807, 2.05) is 38.1 Å². The fraction of sp³-hybridized carbons (Fsp3) is 0.316. The lowest BCUT2D eigenvalue weighted by molar-refractivity contribution is -0.117. The van der Waals surface area contributed by atoms with E-state index in [0.717, 1.165) is 29.1 Å². The maximum Gasteiger partial charge on any atom is 0.261 e. The van der Waals surface area contributed by atoms with Crippen LogP contribution in [0.2, 0.25) is 0 Å². The van der Waals surface area contributed by atoms with E-state index in [4.69, 9.17) is 0 Å². The number of carbonyl (C=O) groups excluding carboxylic acids is 2. The van der Waals surface area contributed by atoms with Crippen LogP contribution in [0.1, 0.15) is 37.0 Å². The van der Waals surface area contributed by atoms with Crippen LogP contribution < -0.4 is 10.2 Å². The van der Waals surface area contributed by atoms with Gasteiger partial charge in [0.15, 0.2) is 0 Å². The normalized spacial score (nSPS) is 16.3. The zero-order valence-electron chi connectivity index (χ0n) is 14.2. The molecule has 1 aliphatic heterocycles. The molecule has 0 spiro atoms. The van der Waals surface area contributed by atoms with Crippen molar-refractivity contribution in [3.8, 4) is 0 Å². The lowest BCUT2D eigenvalue weighted by Crippen LogP contribution is -2.37. The predicted molar refractivity (Wildman–Crippen MR) is 98.1 cm³/mol. The first-order valence-corrected chi connectivity index (χ1v) is 9.27. The molecule has 2 heterocycles. The molecule has 0 radical (unpaired) electrons. The van der Waals surface area contributed by atoms with E-state index in [0.29, 0.717) is 10.6 Å². The van der Waals surface area contributed by atoms with Crippen molar-refractivity contribution >= 4 is 35.0 Å². The number of nitrogens with zero attached hydrogens (tertiary/aromatic N) is 2. The summed E-state index contributed by atoms with van der Waals surface area (Å²) in [6.45, 7) is 3.99. The minimum absolute atomic E-state index is 0.0184. The van der Waals surface area contributed by atoms with Crippen molar-refractivity contribution in [3.05, 3.63) is 42.1 Å². The standard InChI is InChI=1S/C19H19N3O2S/c1-11(2)22-15-8-7-13(21-17(23)12-5-6-12)10-16(15)25-18-14(19(22)24)4-3-9-20-18/h3-4,7-12H,5-6H2,1-2H3,(H,21,23). The van der Waals surface area contributed by atoms with Gasteiger partial charge in [0.1, 0.15) is 5.03 Å². The van der Waals surface area contributed by atoms with E-state index in [1.165, 1.54) is 11.8 Å². The van der Waals surface area contributed by atoms with Crippen LogP contribution in [0.4, 0.5) is 11.4 Å². The monoisotopic (exact) mass is 353 g/mol. The van der Waals surface area contributed by atoms with Crippen molar-refractivity contribution in [1.29, 1.82) is 0 Å². The zero-order valence-corrected chi connectivity index (χ0v) is 15.0. The van der Waals surface area contributed by atoms with Gasteiger partial charge in [-0.25, -0.2) is 4.98 Å². The van der Waals surface area contributed by atoms with E-state index < -0.39 is 0 Å². The van der Waals surface area contributed by atoms with E-state index >= 15 is 0 Å². The fourth-order valence-corrected chi connectivity index (χ4v) is 4.00. The average molecular weight is 353 g/mol. The number of hydrogen-bond acceptors (Lipinski definition) is 4. The summed E-state index contributed by atoms with van der Waals surface area (Å²) in [5.74, 6) is 0.190. The first-order valence-electron chi connectivity index (χ1n) is 8.46. The number of aromatic nitrogens is 1. The molecule has 128 valence electrons. The Hall–Kier alpha value is -2.34. The van der Waals surface area contributed by atoms with Crippen LogP contribution in [0.25, 0.3) is 0 Å². The fourth-order valence-electron chi connectivity index (χ4n) is 2.95. The van der Waals surface area contributed by atoms with Crippen LogP contribution in [-0.2, 0) is 4.79 Å². The van der Waals surface area contributed by atoms with Gasteiger partial charge < -0.3 is 10.2 Å². The van der Waals surface area contributed by atoms with Crippen molar-refractivity contribution in [2.24, 2.45) is 5.92 Å². The first-order chi connectivity index (χ1) is 12.0. The summed E-state index contributed by atoms with van der Waals surface area (Å²) in [7, 11) is 0. The van der Waals surface area contributed by atoms with Gasteiger partial charge in [0.2, 0.25) is 5.91 Å². The highest BCUT2D eigenvalue weighted by Crippen LogP contribution is 2.42. The van der Waals surface area contributed by atoms with Crippen molar-refractivity contribution in [3.63, 3.8) is 0 Å². The first kappa shape index (κ1) is 16.1. The summed E-state index contributed by atoms with van der Waals surface area (Å²) in [4.78, 5) is 32.1. The van der Waals surface area contributed by atoms with Gasteiger partial charge >= 0.3 is 0 Å². The average Bonchev–Trinajstić information content (AvgIpc) is 3.42. The molecule has 5 nitrogen and oxygen atoms in total. The molecule has 1 aromatic heterocycles. The van der Waals surface area contributed by atoms with Gasteiger partial charge in [0.25, 0.3) is 5.91 Å². The third-order valence-corrected chi connectivity index (χ3v) is 5.44. The summed E-state index contributed by atoms with van der Waals surface area (Å²) in [5.41, 5.74) is 2.23. The summed E-state index contributed by atoms with van der Waals surface area (Å²) >= 11 is 1.47. The molecule has 2 aromatic rings. The topological polar surface area (TPSA) is 62.3 Å². The minimum atomic E-state index is -0.0425.